The summed E-state index contributed by atoms with van der Waals surface area (Å²) in [7, 11) is -3.82. The highest BCUT2D eigenvalue weighted by molar-refractivity contribution is 7.88. The van der Waals surface area contributed by atoms with Gasteiger partial charge in [-0.1, -0.05) is 44.2 Å². The SMILES string of the molecule is CC(C)[C@@H]1NC(=O)[C@@]2(C=Cc3ccc4ccc(nc4c3)[C@@H](C)OC(=O)[C@@H]3CCCN(N3)C(=O)[C@H](C)NC1=O)CCCN2S(C)(=O)=O. The second-order valence-corrected chi connectivity index (χ2v) is 14.6. The van der Waals surface area contributed by atoms with E-state index in [4.69, 9.17) is 9.72 Å². The summed E-state index contributed by atoms with van der Waals surface area (Å²) in [4.78, 5) is 58.9. The van der Waals surface area contributed by atoms with E-state index in [-0.39, 0.29) is 13.0 Å². The Kier molecular flexibility index (Phi) is 9.52. The number of ether oxygens (including phenoxy) is 1. The minimum atomic E-state index is -3.82. The van der Waals surface area contributed by atoms with Gasteiger partial charge in [0, 0.05) is 18.5 Å². The third-order valence-electron chi connectivity index (χ3n) is 8.86. The van der Waals surface area contributed by atoms with Crippen LogP contribution in [0.5, 0.6) is 0 Å². The number of aromatic nitrogens is 1. The zero-order valence-corrected chi connectivity index (χ0v) is 27.6. The van der Waals surface area contributed by atoms with Crippen molar-refractivity contribution in [3.05, 3.63) is 47.7 Å². The van der Waals surface area contributed by atoms with Gasteiger partial charge in [0.15, 0.2) is 0 Å². The van der Waals surface area contributed by atoms with Crippen molar-refractivity contribution < 1.29 is 32.3 Å². The summed E-state index contributed by atoms with van der Waals surface area (Å²) in [6.07, 6.45) is 5.31. The molecule has 13 nitrogen and oxygen atoms in total. The van der Waals surface area contributed by atoms with E-state index >= 15 is 0 Å². The Morgan fingerprint density at radius 2 is 1.76 bits per heavy atom. The number of carbonyl (C=O) groups excluding carboxylic acids is 4. The molecule has 5 atom stereocenters. The lowest BCUT2D eigenvalue weighted by Gasteiger charge is -2.36. The Hall–Kier alpha value is -3.88. The smallest absolute Gasteiger partial charge is 0.325 e. The number of rotatable bonds is 2. The van der Waals surface area contributed by atoms with Gasteiger partial charge in [-0.05, 0) is 63.1 Å². The average Bonchev–Trinajstić information content (AvgIpc) is 3.47. The number of carbonyl (C=O) groups is 4. The Bertz CT molecular complexity index is 1680. The quantitative estimate of drug-likeness (QED) is 0.409. The number of benzene rings is 1. The van der Waals surface area contributed by atoms with Crippen LogP contribution < -0.4 is 16.1 Å². The summed E-state index contributed by atoms with van der Waals surface area (Å²) in [5.74, 6) is -2.58. The van der Waals surface area contributed by atoms with Crippen LogP contribution in [0.3, 0.4) is 0 Å². The molecule has 248 valence electrons. The van der Waals surface area contributed by atoms with E-state index in [1.807, 2.05) is 24.3 Å². The first kappa shape index (κ1) is 33.5. The molecular weight excluding hydrogens is 612 g/mol. The molecule has 1 spiro atoms. The Morgan fingerprint density at radius 1 is 1.02 bits per heavy atom. The molecule has 3 aliphatic rings. The molecule has 2 saturated heterocycles. The number of esters is 1. The summed E-state index contributed by atoms with van der Waals surface area (Å²) in [5.41, 5.74) is 3.20. The van der Waals surface area contributed by atoms with E-state index < -0.39 is 69.4 Å². The highest BCUT2D eigenvalue weighted by Gasteiger charge is 2.50. The first-order valence-electron chi connectivity index (χ1n) is 15.7. The normalized spacial score (nSPS) is 28.9. The van der Waals surface area contributed by atoms with Gasteiger partial charge >= 0.3 is 5.97 Å². The number of fused-ring (bicyclic) bond motifs is 4. The van der Waals surface area contributed by atoms with Gasteiger partial charge in [-0.3, -0.25) is 24.2 Å². The first-order valence-corrected chi connectivity index (χ1v) is 17.5. The van der Waals surface area contributed by atoms with Crippen LogP contribution in [0.4, 0.5) is 0 Å². The number of hydrazine groups is 1. The lowest BCUT2D eigenvalue weighted by Crippen LogP contribution is -2.63. The molecule has 3 aliphatic heterocycles. The number of pyridine rings is 1. The zero-order chi connectivity index (χ0) is 33.4. The summed E-state index contributed by atoms with van der Waals surface area (Å²) in [6.45, 7) is 7.23. The molecule has 0 unspecified atom stereocenters. The summed E-state index contributed by atoms with van der Waals surface area (Å²) < 4.78 is 32.9. The van der Waals surface area contributed by atoms with Crippen molar-refractivity contribution in [2.24, 2.45) is 5.92 Å². The van der Waals surface area contributed by atoms with Crippen LogP contribution in [-0.2, 0) is 33.9 Å². The van der Waals surface area contributed by atoms with Gasteiger partial charge in [0.05, 0.1) is 17.5 Å². The van der Waals surface area contributed by atoms with Crippen LogP contribution in [0.25, 0.3) is 17.0 Å². The molecule has 14 heteroatoms. The Morgan fingerprint density at radius 3 is 2.48 bits per heavy atom. The highest BCUT2D eigenvalue weighted by atomic mass is 32.2. The molecule has 3 amide bonds. The van der Waals surface area contributed by atoms with Crippen molar-refractivity contribution in [2.75, 3.05) is 19.3 Å². The van der Waals surface area contributed by atoms with Crippen LogP contribution in [0, 0.1) is 5.92 Å². The van der Waals surface area contributed by atoms with Gasteiger partial charge in [-0.2, -0.15) is 4.31 Å². The van der Waals surface area contributed by atoms with Gasteiger partial charge in [0.2, 0.25) is 21.8 Å². The van der Waals surface area contributed by atoms with Crippen molar-refractivity contribution in [1.82, 2.24) is 30.4 Å². The van der Waals surface area contributed by atoms with Crippen molar-refractivity contribution in [2.45, 2.75) is 83.1 Å². The fraction of sp³-hybridized carbons (Fsp3) is 0.531. The minimum absolute atomic E-state index is 0.143. The van der Waals surface area contributed by atoms with Gasteiger partial charge in [-0.15, -0.1) is 0 Å². The molecule has 46 heavy (non-hydrogen) atoms. The van der Waals surface area contributed by atoms with Crippen LogP contribution in [-0.4, -0.2) is 89.4 Å². The molecule has 0 radical (unpaired) electrons. The van der Waals surface area contributed by atoms with Crippen molar-refractivity contribution >= 4 is 50.7 Å². The average molecular weight is 655 g/mol. The van der Waals surface area contributed by atoms with E-state index in [0.29, 0.717) is 42.6 Å². The van der Waals surface area contributed by atoms with Gasteiger partial charge < -0.3 is 15.4 Å². The predicted octanol–water partition coefficient (Wildman–Crippen LogP) is 1.80. The fourth-order valence-electron chi connectivity index (χ4n) is 6.29. The number of amides is 3. The minimum Gasteiger partial charge on any atom is -0.455 e. The molecule has 0 aliphatic carbocycles. The predicted molar refractivity (Wildman–Crippen MR) is 171 cm³/mol. The number of nitrogens with one attached hydrogen (secondary N) is 3. The second kappa shape index (κ2) is 13.1. The van der Waals surface area contributed by atoms with E-state index in [1.165, 1.54) is 16.2 Å². The molecule has 5 rings (SSSR count). The maximum absolute atomic E-state index is 14.1. The molecule has 1 aromatic carbocycles. The summed E-state index contributed by atoms with van der Waals surface area (Å²) in [5, 5.41) is 7.67. The molecule has 0 saturated carbocycles. The third kappa shape index (κ3) is 6.79. The van der Waals surface area contributed by atoms with E-state index in [1.54, 1.807) is 39.0 Å². The standard InChI is InChI=1S/C32H42N6O7S/c1-19(2)27-28(39)33-20(3)29(40)37-16-6-8-25(36-37)30(41)45-21(4)24-12-11-23-10-9-22(18-26(23)34-24)13-15-32(31(42)35-27)14-7-17-38(32)46(5,43)44/h9-13,15,18-21,25,27,36H,6-8,14,16-17H2,1-5H3,(H,33,39)(H,35,42)/t20-,21+,25-,27-,32-/m0/s1. The number of sulfonamides is 1. The molecule has 4 heterocycles. The fourth-order valence-corrected chi connectivity index (χ4v) is 7.58. The van der Waals surface area contributed by atoms with E-state index in [9.17, 15) is 27.6 Å². The van der Waals surface area contributed by atoms with Crippen LogP contribution in [0.15, 0.2) is 36.4 Å². The Labute approximate surface area is 269 Å². The van der Waals surface area contributed by atoms with Gasteiger partial charge in [0.25, 0.3) is 5.91 Å². The third-order valence-corrected chi connectivity index (χ3v) is 10.2. The second-order valence-electron chi connectivity index (χ2n) is 12.7. The molecule has 1 aromatic heterocycles. The van der Waals surface area contributed by atoms with Crippen LogP contribution in [0.1, 0.15) is 70.7 Å². The number of hydrogen-bond donors (Lipinski definition) is 3. The molecule has 3 N–H and O–H groups in total. The highest BCUT2D eigenvalue weighted by Crippen LogP contribution is 2.35. The van der Waals surface area contributed by atoms with Crippen molar-refractivity contribution in [3.8, 4) is 0 Å². The zero-order valence-electron chi connectivity index (χ0n) is 26.8. The monoisotopic (exact) mass is 654 g/mol. The van der Waals surface area contributed by atoms with Gasteiger partial charge in [-0.25, -0.2) is 18.8 Å². The summed E-state index contributed by atoms with van der Waals surface area (Å²) >= 11 is 0. The van der Waals surface area contributed by atoms with Crippen molar-refractivity contribution in [3.63, 3.8) is 0 Å². The van der Waals surface area contributed by atoms with Gasteiger partial charge in [0.1, 0.15) is 29.8 Å². The van der Waals surface area contributed by atoms with E-state index in [0.717, 1.165) is 11.6 Å². The molecular formula is C32H42N6O7S. The molecule has 2 fully saturated rings. The van der Waals surface area contributed by atoms with Crippen LogP contribution >= 0.6 is 0 Å². The first-order chi connectivity index (χ1) is 21.7. The van der Waals surface area contributed by atoms with E-state index in [2.05, 4.69) is 16.1 Å². The molecule has 2 aromatic rings. The number of cyclic esters (lactones) is 1. The maximum Gasteiger partial charge on any atom is 0.325 e. The largest absolute Gasteiger partial charge is 0.455 e. The number of hydrogen-bond acceptors (Lipinski definition) is 9. The Balaban J connectivity index is 1.59. The topological polar surface area (TPSA) is 167 Å². The summed E-state index contributed by atoms with van der Waals surface area (Å²) in [6, 6.07) is 6.36. The lowest BCUT2D eigenvalue weighted by atomic mass is 9.92. The van der Waals surface area contributed by atoms with Crippen LogP contribution in [0.2, 0.25) is 0 Å². The maximum atomic E-state index is 14.1. The number of nitrogens with zero attached hydrogens (tertiary/aromatic N) is 3. The van der Waals surface area contributed by atoms with Crippen molar-refractivity contribution in [1.29, 1.82) is 0 Å². The lowest BCUT2D eigenvalue weighted by molar-refractivity contribution is -0.157. The molecule has 5 bridgehead atoms.